The fraction of sp³-hybridized carbons (Fsp3) is 0.471. The second kappa shape index (κ2) is 18.7. The molecule has 0 atom stereocenters. The maximum atomic E-state index is 6.21. The van der Waals surface area contributed by atoms with Crippen LogP contribution in [0.2, 0.25) is 0 Å². The minimum atomic E-state index is -1.65. The molecule has 0 N–H and O–H groups in total. The zero-order valence-corrected chi connectivity index (χ0v) is 24.5. The van der Waals surface area contributed by atoms with E-state index in [-0.39, 0.29) is 0 Å². The van der Waals surface area contributed by atoms with E-state index in [0.717, 1.165) is 30.1 Å². The van der Waals surface area contributed by atoms with Crippen molar-refractivity contribution < 1.29 is 13.6 Å². The van der Waals surface area contributed by atoms with Gasteiger partial charge in [0.05, 0.1) is 0 Å². The summed E-state index contributed by atoms with van der Waals surface area (Å²) in [6.45, 7) is 4.53. The third-order valence-electron chi connectivity index (χ3n) is 6.77. The number of unbranched alkanes of at least 4 members (excludes halogenated alkanes) is 10. The first-order valence-corrected chi connectivity index (χ1v) is 15.9. The van der Waals surface area contributed by atoms with Gasteiger partial charge in [-0.3, -0.25) is 0 Å². The second-order valence-electron chi connectivity index (χ2n) is 10.1. The van der Waals surface area contributed by atoms with Crippen molar-refractivity contribution in [1.29, 1.82) is 0 Å². The van der Waals surface area contributed by atoms with Crippen LogP contribution in [-0.4, -0.2) is 0 Å². The van der Waals surface area contributed by atoms with Crippen LogP contribution in [0.1, 0.15) is 102 Å². The molecule has 0 spiro atoms. The number of aryl methyl sites for hydroxylation is 2. The van der Waals surface area contributed by atoms with E-state index in [0.29, 0.717) is 0 Å². The average molecular weight is 535 g/mol. The fourth-order valence-corrected chi connectivity index (χ4v) is 5.44. The van der Waals surface area contributed by atoms with Gasteiger partial charge in [0.1, 0.15) is 17.2 Å². The van der Waals surface area contributed by atoms with Gasteiger partial charge in [0.15, 0.2) is 0 Å². The Morgan fingerprint density at radius 3 is 1.21 bits per heavy atom. The number of hydrogen-bond acceptors (Lipinski definition) is 3. The normalized spacial score (nSPS) is 11.0. The van der Waals surface area contributed by atoms with E-state index in [1.807, 2.05) is 54.6 Å². The van der Waals surface area contributed by atoms with Crippen LogP contribution in [0.15, 0.2) is 78.9 Å². The van der Waals surface area contributed by atoms with Gasteiger partial charge in [-0.15, -0.1) is 0 Å². The smallest absolute Gasteiger partial charge is 0.409 e. The summed E-state index contributed by atoms with van der Waals surface area (Å²) in [6, 6.07) is 26.5. The Morgan fingerprint density at radius 1 is 0.421 bits per heavy atom. The van der Waals surface area contributed by atoms with Crippen LogP contribution in [-0.2, 0) is 12.8 Å². The van der Waals surface area contributed by atoms with Crippen molar-refractivity contribution >= 4 is 8.60 Å². The molecule has 206 valence electrons. The first-order chi connectivity index (χ1) is 18.8. The molecule has 0 aliphatic carbocycles. The number of hydrogen-bond donors (Lipinski definition) is 0. The van der Waals surface area contributed by atoms with Crippen LogP contribution in [0.25, 0.3) is 0 Å². The monoisotopic (exact) mass is 534 g/mol. The third-order valence-corrected chi connectivity index (χ3v) is 7.85. The summed E-state index contributed by atoms with van der Waals surface area (Å²) in [5, 5.41) is 0. The predicted molar refractivity (Wildman–Crippen MR) is 162 cm³/mol. The lowest BCUT2D eigenvalue weighted by Crippen LogP contribution is -2.02. The molecule has 3 aromatic carbocycles. The maximum Gasteiger partial charge on any atom is 0.530 e. The SMILES string of the molecule is CCCCCCCCc1ccc(OP(Oc2ccccc2)Oc2ccc(CCCCCCCC)cc2)cc1. The predicted octanol–water partition coefficient (Wildman–Crippen LogP) is 11.3. The summed E-state index contributed by atoms with van der Waals surface area (Å²) in [5.41, 5.74) is 2.70. The van der Waals surface area contributed by atoms with Gasteiger partial charge in [-0.2, -0.15) is 0 Å². The molecule has 3 aromatic rings. The van der Waals surface area contributed by atoms with Crippen LogP contribution in [0.4, 0.5) is 0 Å². The summed E-state index contributed by atoms with van der Waals surface area (Å²) >= 11 is 0. The summed E-state index contributed by atoms with van der Waals surface area (Å²) in [7, 11) is -1.65. The zero-order valence-electron chi connectivity index (χ0n) is 23.6. The third kappa shape index (κ3) is 12.4. The molecule has 0 radical (unpaired) electrons. The van der Waals surface area contributed by atoms with Crippen molar-refractivity contribution in [3.05, 3.63) is 90.0 Å². The molecule has 0 fully saturated rings. The molecule has 4 heteroatoms. The minimum absolute atomic E-state index is 0.734. The molecular weight excluding hydrogens is 487 g/mol. The van der Waals surface area contributed by atoms with Crippen molar-refractivity contribution in [3.63, 3.8) is 0 Å². The Labute approximate surface area is 232 Å². The van der Waals surface area contributed by atoms with Crippen molar-refractivity contribution in [3.8, 4) is 17.2 Å². The highest BCUT2D eigenvalue weighted by atomic mass is 31.2. The standard InChI is InChI=1S/C34H47O3P/c1-3-5-7-9-11-14-18-30-22-26-33(27-23-30)36-38(35-32-20-16-13-17-21-32)37-34-28-24-31(25-29-34)19-15-12-10-8-6-4-2/h13,16-17,20-29H,3-12,14-15,18-19H2,1-2H3. The molecule has 0 aliphatic rings. The lowest BCUT2D eigenvalue weighted by Gasteiger charge is -2.18. The van der Waals surface area contributed by atoms with E-state index in [9.17, 15) is 0 Å². The number of rotatable bonds is 20. The molecule has 38 heavy (non-hydrogen) atoms. The lowest BCUT2D eigenvalue weighted by atomic mass is 10.1. The van der Waals surface area contributed by atoms with Crippen molar-refractivity contribution in [2.75, 3.05) is 0 Å². The van der Waals surface area contributed by atoms with Gasteiger partial charge in [0.2, 0.25) is 0 Å². The number of benzene rings is 3. The first kappa shape index (κ1) is 30.0. The van der Waals surface area contributed by atoms with E-state index in [2.05, 4.69) is 38.1 Å². The molecule has 0 aliphatic heterocycles. The second-order valence-corrected chi connectivity index (χ2v) is 11.1. The summed E-state index contributed by atoms with van der Waals surface area (Å²) < 4.78 is 18.5. The van der Waals surface area contributed by atoms with Gasteiger partial charge in [0, 0.05) is 0 Å². The molecule has 0 heterocycles. The first-order valence-electron chi connectivity index (χ1n) is 14.8. The Morgan fingerprint density at radius 2 is 0.789 bits per heavy atom. The van der Waals surface area contributed by atoms with E-state index >= 15 is 0 Å². The fourth-order valence-electron chi connectivity index (χ4n) is 4.45. The highest BCUT2D eigenvalue weighted by molar-refractivity contribution is 7.43. The largest absolute Gasteiger partial charge is 0.530 e. The Bertz CT molecular complexity index is 911. The molecule has 0 unspecified atom stereocenters. The minimum Gasteiger partial charge on any atom is -0.409 e. The Kier molecular flexibility index (Phi) is 14.8. The van der Waals surface area contributed by atoms with E-state index < -0.39 is 8.60 Å². The summed E-state index contributed by atoms with van der Waals surface area (Å²) in [6.07, 6.45) is 18.0. The Hall–Kier alpha value is -2.51. The zero-order chi connectivity index (χ0) is 26.7. The highest BCUT2D eigenvalue weighted by Crippen LogP contribution is 2.42. The van der Waals surface area contributed by atoms with Gasteiger partial charge in [-0.1, -0.05) is 121 Å². The van der Waals surface area contributed by atoms with Crippen molar-refractivity contribution in [2.24, 2.45) is 0 Å². The number of para-hydroxylation sites is 1. The topological polar surface area (TPSA) is 27.7 Å². The van der Waals surface area contributed by atoms with Gasteiger partial charge < -0.3 is 13.6 Å². The molecule has 0 saturated carbocycles. The molecule has 0 saturated heterocycles. The quantitative estimate of drug-likeness (QED) is 0.107. The van der Waals surface area contributed by atoms with Gasteiger partial charge in [-0.05, 0) is 73.2 Å². The molecule has 0 amide bonds. The van der Waals surface area contributed by atoms with Crippen molar-refractivity contribution in [1.82, 2.24) is 0 Å². The molecular formula is C34H47O3P. The van der Waals surface area contributed by atoms with Crippen LogP contribution in [0.3, 0.4) is 0 Å². The van der Waals surface area contributed by atoms with Crippen LogP contribution >= 0.6 is 8.60 Å². The van der Waals surface area contributed by atoms with Crippen LogP contribution in [0.5, 0.6) is 17.2 Å². The van der Waals surface area contributed by atoms with E-state index in [1.54, 1.807) is 0 Å². The van der Waals surface area contributed by atoms with E-state index in [4.69, 9.17) is 13.6 Å². The summed E-state index contributed by atoms with van der Waals surface area (Å²) in [4.78, 5) is 0. The van der Waals surface area contributed by atoms with Crippen LogP contribution in [0, 0.1) is 0 Å². The molecule has 3 rings (SSSR count). The highest BCUT2D eigenvalue weighted by Gasteiger charge is 2.20. The molecule has 0 bridgehead atoms. The van der Waals surface area contributed by atoms with Gasteiger partial charge >= 0.3 is 8.60 Å². The summed E-state index contributed by atoms with van der Waals surface area (Å²) in [5.74, 6) is 2.26. The van der Waals surface area contributed by atoms with Crippen LogP contribution < -0.4 is 13.6 Å². The van der Waals surface area contributed by atoms with Gasteiger partial charge in [-0.25, -0.2) is 0 Å². The average Bonchev–Trinajstić information content (AvgIpc) is 2.95. The van der Waals surface area contributed by atoms with Gasteiger partial charge in [0.25, 0.3) is 0 Å². The Balaban J connectivity index is 1.52. The lowest BCUT2D eigenvalue weighted by molar-refractivity contribution is 0.388. The van der Waals surface area contributed by atoms with E-state index in [1.165, 1.54) is 88.2 Å². The van der Waals surface area contributed by atoms with Crippen molar-refractivity contribution in [2.45, 2.75) is 104 Å². The maximum absolute atomic E-state index is 6.21. The molecule has 0 aromatic heterocycles. The molecule has 3 nitrogen and oxygen atoms in total.